The zero-order valence-corrected chi connectivity index (χ0v) is 47.4. The highest BCUT2D eigenvalue weighted by Gasteiger charge is 2.32. The monoisotopic (exact) mass is 1240 g/mol. The van der Waals surface area contributed by atoms with Crippen LogP contribution in [0.1, 0.15) is 11.1 Å². The number of hydrogen-bond acceptors (Lipinski definition) is 14. The molecule has 0 aliphatic heterocycles. The second-order valence-electron chi connectivity index (χ2n) is 18.1. The van der Waals surface area contributed by atoms with Crippen molar-refractivity contribution >= 4 is 61.5 Å². The van der Waals surface area contributed by atoms with Gasteiger partial charge in [0, 0.05) is 62.5 Å². The van der Waals surface area contributed by atoms with E-state index < -0.39 is 29.7 Å². The molecule has 4 heterocycles. The Kier molecular flexibility index (Phi) is 21.7. The lowest BCUT2D eigenvalue weighted by atomic mass is 10.2. The van der Waals surface area contributed by atoms with E-state index in [4.69, 9.17) is 42.5 Å². The van der Waals surface area contributed by atoms with Gasteiger partial charge in [0.05, 0.1) is 19.7 Å². The number of aliphatic hydroxyl groups excluding tert-OH is 1. The summed E-state index contributed by atoms with van der Waals surface area (Å²) in [7, 11) is 10.6. The highest BCUT2D eigenvalue weighted by molar-refractivity contribution is 9.10. The molecule has 4 aromatic carbocycles. The summed E-state index contributed by atoms with van der Waals surface area (Å²) >= 11 is 15.4. The topological polar surface area (TPSA) is 196 Å². The SMILES string of the molecule is CN(C)CCn1c(=O)c2c(nc(Br)n2Cc2ccc(Cl)cc2)n(C)c1=O.CN(C)CCn1c(=O)c2c(nc(OCCOc3cccc(OC(F)(F)F)c3)n2Cc2ccc(Cl)cc2)n(C)c1=O.OCCOc1cccc(OC(F)(F)F)c1. The molecule has 4 aromatic heterocycles. The highest BCUT2D eigenvalue weighted by Crippen LogP contribution is 2.28. The van der Waals surface area contributed by atoms with Gasteiger partial charge in [0.1, 0.15) is 42.8 Å². The van der Waals surface area contributed by atoms with Crippen LogP contribution in [0.15, 0.2) is 121 Å². The number of imidazole rings is 2. The summed E-state index contributed by atoms with van der Waals surface area (Å²) in [6.07, 6.45) is -9.54. The van der Waals surface area contributed by atoms with Crippen molar-refractivity contribution in [3.63, 3.8) is 0 Å². The van der Waals surface area contributed by atoms with Gasteiger partial charge in [-0.2, -0.15) is 4.98 Å². The van der Waals surface area contributed by atoms with Crippen LogP contribution in [0.4, 0.5) is 26.3 Å². The molecule has 0 saturated carbocycles. The Balaban J connectivity index is 0.000000219. The smallest absolute Gasteiger partial charge is 0.491 e. The van der Waals surface area contributed by atoms with Gasteiger partial charge in [-0.3, -0.25) is 32.4 Å². The summed E-state index contributed by atoms with van der Waals surface area (Å²) < 4.78 is 106. The summed E-state index contributed by atoms with van der Waals surface area (Å²) in [4.78, 5) is 64.7. The lowest BCUT2D eigenvalue weighted by Gasteiger charge is -2.13. The third kappa shape index (κ3) is 17.6. The molecule has 0 spiro atoms. The van der Waals surface area contributed by atoms with Crippen LogP contribution in [-0.4, -0.2) is 133 Å². The highest BCUT2D eigenvalue weighted by atomic mass is 79.9. The van der Waals surface area contributed by atoms with Crippen molar-refractivity contribution in [1.82, 2.24) is 47.2 Å². The largest absolute Gasteiger partial charge is 0.573 e. The van der Waals surface area contributed by atoms with Crippen LogP contribution < -0.4 is 46.2 Å². The second-order valence-corrected chi connectivity index (χ2v) is 19.6. The molecule has 8 aromatic rings. The molecule has 8 rings (SSSR count). The number of rotatable bonds is 20. The van der Waals surface area contributed by atoms with E-state index in [1.807, 2.05) is 50.1 Å². The number of hydrogen-bond donors (Lipinski definition) is 1. The van der Waals surface area contributed by atoms with Crippen molar-refractivity contribution in [2.24, 2.45) is 14.1 Å². The molecule has 29 heteroatoms. The first-order chi connectivity index (χ1) is 38.2. The van der Waals surface area contributed by atoms with Crippen LogP contribution in [-0.2, 0) is 40.3 Å². The number of halogens is 9. The molecule has 20 nitrogen and oxygen atoms in total. The number of likely N-dealkylation sites (N-methyl/N-ethyl adjacent to an activating group) is 2. The third-order valence-corrected chi connectivity index (χ3v) is 12.6. The molecule has 0 aliphatic rings. The Morgan fingerprint density at radius 3 is 1.38 bits per heavy atom. The number of aliphatic hydroxyl groups is 1. The minimum Gasteiger partial charge on any atom is -0.491 e. The number of ether oxygens (including phenoxy) is 5. The first-order valence-corrected chi connectivity index (χ1v) is 25.8. The molecule has 0 atom stereocenters. The van der Waals surface area contributed by atoms with Gasteiger partial charge >= 0.3 is 24.1 Å². The van der Waals surface area contributed by atoms with E-state index in [0.717, 1.165) is 33.9 Å². The summed E-state index contributed by atoms with van der Waals surface area (Å²) in [6.45, 7) is 1.91. The van der Waals surface area contributed by atoms with E-state index in [1.165, 1.54) is 51.1 Å². The fraction of sp³-hybridized carbons (Fsp3) is 0.346. The van der Waals surface area contributed by atoms with E-state index in [-0.39, 0.29) is 85.2 Å². The molecule has 436 valence electrons. The number of fused-ring (bicyclic) bond motifs is 2. The van der Waals surface area contributed by atoms with Crippen molar-refractivity contribution in [3.05, 3.63) is 165 Å². The molecular formula is C52H55BrCl2F6N10O10. The average molecular weight is 1240 g/mol. The molecule has 0 unspecified atom stereocenters. The van der Waals surface area contributed by atoms with Gasteiger partial charge in [0.25, 0.3) is 17.1 Å². The van der Waals surface area contributed by atoms with E-state index >= 15 is 0 Å². The summed E-state index contributed by atoms with van der Waals surface area (Å²) in [5.74, 6) is -0.405. The zero-order chi connectivity index (χ0) is 59.3. The Morgan fingerprint density at radius 1 is 0.556 bits per heavy atom. The lowest BCUT2D eigenvalue weighted by molar-refractivity contribution is -0.275. The molecular weight excluding hydrogens is 1190 g/mol. The normalized spacial score (nSPS) is 11.6. The summed E-state index contributed by atoms with van der Waals surface area (Å²) in [6, 6.07) is 24.7. The van der Waals surface area contributed by atoms with Gasteiger partial charge in [-0.25, -0.2) is 14.6 Å². The van der Waals surface area contributed by atoms with Crippen molar-refractivity contribution in [2.45, 2.75) is 38.9 Å². The zero-order valence-electron chi connectivity index (χ0n) is 44.3. The number of aryl methyl sites for hydroxylation is 2. The summed E-state index contributed by atoms with van der Waals surface area (Å²) in [5.41, 5.74) is 1.16. The van der Waals surface area contributed by atoms with Gasteiger partial charge in [-0.1, -0.05) is 59.6 Å². The van der Waals surface area contributed by atoms with Gasteiger partial charge in [-0.05, 0) is 104 Å². The van der Waals surface area contributed by atoms with Crippen LogP contribution in [0, 0.1) is 0 Å². The van der Waals surface area contributed by atoms with E-state index in [9.17, 15) is 45.5 Å². The molecule has 0 aliphatic carbocycles. The molecule has 81 heavy (non-hydrogen) atoms. The summed E-state index contributed by atoms with van der Waals surface area (Å²) in [5, 5.41) is 9.64. The minimum atomic E-state index is -4.82. The lowest BCUT2D eigenvalue weighted by Crippen LogP contribution is -2.41. The van der Waals surface area contributed by atoms with Crippen LogP contribution in [0.25, 0.3) is 22.3 Å². The van der Waals surface area contributed by atoms with E-state index in [1.54, 1.807) is 52.6 Å². The van der Waals surface area contributed by atoms with Crippen molar-refractivity contribution in [1.29, 1.82) is 0 Å². The van der Waals surface area contributed by atoms with Gasteiger partial charge < -0.3 is 43.2 Å². The maximum Gasteiger partial charge on any atom is 0.573 e. The minimum absolute atomic E-state index is 0.0233. The van der Waals surface area contributed by atoms with Gasteiger partial charge in [0.2, 0.25) is 0 Å². The average Bonchev–Trinajstić information content (AvgIpc) is 4.13. The van der Waals surface area contributed by atoms with Gasteiger partial charge in [-0.15, -0.1) is 26.3 Å². The maximum absolute atomic E-state index is 13.5. The second kappa shape index (κ2) is 27.9. The van der Waals surface area contributed by atoms with Crippen molar-refractivity contribution in [3.8, 4) is 29.0 Å². The van der Waals surface area contributed by atoms with Crippen LogP contribution >= 0.6 is 39.1 Å². The Hall–Kier alpha value is -7.30. The van der Waals surface area contributed by atoms with E-state index in [0.29, 0.717) is 52.1 Å². The fourth-order valence-corrected chi connectivity index (χ4v) is 8.34. The Morgan fingerprint density at radius 2 is 0.951 bits per heavy atom. The van der Waals surface area contributed by atoms with Crippen molar-refractivity contribution < 1.29 is 55.1 Å². The molecule has 0 fully saturated rings. The Bertz CT molecular complexity index is 3660. The van der Waals surface area contributed by atoms with Crippen LogP contribution in [0.3, 0.4) is 0 Å². The predicted octanol–water partition coefficient (Wildman–Crippen LogP) is 7.40. The molecule has 0 radical (unpaired) electrons. The third-order valence-electron chi connectivity index (χ3n) is 11.5. The van der Waals surface area contributed by atoms with Crippen LogP contribution in [0.2, 0.25) is 10.0 Å². The maximum atomic E-state index is 13.5. The first kappa shape index (κ1) is 62.9. The van der Waals surface area contributed by atoms with Crippen LogP contribution in [0.5, 0.6) is 29.0 Å². The quantitative estimate of drug-likeness (QED) is 0.0450. The standard InChI is InChI=1S/C26H27ClF3N5O5.C17H19BrClN5O2.C9H9F3O3/c1-32(2)11-12-34-23(36)21-22(33(3)25(34)37)31-24(35(21)16-17-7-9-18(27)10-8-17)39-14-13-38-19-5-4-6-20(15-19)40-26(28,29)30;1-21(2)8-9-23-15(25)13-14(22(3)17(23)26)20-16(18)24(13)10-11-4-6-12(19)7-5-11;10-9(11,12)15-8-3-1-2-7(6-8)14-5-4-13/h4-10,15H,11-14,16H2,1-3H3;4-7H,8-10H2,1-3H3;1-3,6,13H,4-5H2. The van der Waals surface area contributed by atoms with Crippen molar-refractivity contribution in [2.75, 3.05) is 67.7 Å². The van der Waals surface area contributed by atoms with E-state index in [2.05, 4.69) is 35.4 Å². The molecule has 1 N–H and O–H groups in total. The molecule has 0 saturated heterocycles. The fourth-order valence-electron chi connectivity index (χ4n) is 7.62. The molecule has 0 amide bonds. The first-order valence-electron chi connectivity index (χ1n) is 24.3. The number of nitrogens with zero attached hydrogens (tertiary/aromatic N) is 10. The number of benzene rings is 4. The Labute approximate surface area is 476 Å². The van der Waals surface area contributed by atoms with Gasteiger partial charge in [0.15, 0.2) is 27.1 Å². The predicted molar refractivity (Wildman–Crippen MR) is 294 cm³/mol. The molecule has 0 bridgehead atoms. The number of alkyl halides is 6. The number of aromatic nitrogens is 8.